The number of aromatic nitrogens is 1. The van der Waals surface area contributed by atoms with Gasteiger partial charge in [0.1, 0.15) is 18.0 Å². The van der Waals surface area contributed by atoms with Crippen LogP contribution >= 0.6 is 0 Å². The summed E-state index contributed by atoms with van der Waals surface area (Å²) in [5.41, 5.74) is 1.51. The highest BCUT2D eigenvalue weighted by Gasteiger charge is 2.16. The van der Waals surface area contributed by atoms with Gasteiger partial charge in [-0.2, -0.15) is 0 Å². The summed E-state index contributed by atoms with van der Waals surface area (Å²) in [6.07, 6.45) is 1.08. The van der Waals surface area contributed by atoms with Crippen molar-refractivity contribution in [1.29, 1.82) is 0 Å². The zero-order valence-electron chi connectivity index (χ0n) is 14.9. The average Bonchev–Trinajstić information content (AvgIpc) is 2.50. The van der Waals surface area contributed by atoms with Crippen molar-refractivity contribution in [3.8, 4) is 5.88 Å². The number of hydrogen-bond acceptors (Lipinski definition) is 4. The third kappa shape index (κ3) is 6.41. The predicted octanol–water partition coefficient (Wildman–Crippen LogP) is 4.13. The second kappa shape index (κ2) is 7.96. The maximum atomic E-state index is 14.2. The Hall–Kier alpha value is -2.63. The number of nitrogens with zero attached hydrogens (tertiary/aromatic N) is 1. The number of pyridine rings is 1. The first-order chi connectivity index (χ1) is 11.7. The molecule has 1 amide bonds. The van der Waals surface area contributed by atoms with E-state index in [2.05, 4.69) is 10.3 Å². The van der Waals surface area contributed by atoms with Crippen LogP contribution < -0.4 is 10.1 Å². The van der Waals surface area contributed by atoms with Crippen molar-refractivity contribution in [1.82, 2.24) is 10.3 Å². The molecule has 2 rings (SSSR count). The summed E-state index contributed by atoms with van der Waals surface area (Å²) in [5.74, 6) is 0.0884. The first-order valence-electron chi connectivity index (χ1n) is 8.02. The number of ether oxygens (including phenoxy) is 2. The van der Waals surface area contributed by atoms with Crippen LogP contribution in [0.4, 0.5) is 9.18 Å². The van der Waals surface area contributed by atoms with E-state index >= 15 is 0 Å². The van der Waals surface area contributed by atoms with Crippen LogP contribution in [0.5, 0.6) is 5.88 Å². The van der Waals surface area contributed by atoms with E-state index in [9.17, 15) is 9.18 Å². The second-order valence-electron chi connectivity index (χ2n) is 6.74. The second-order valence-corrected chi connectivity index (χ2v) is 6.74. The Balaban J connectivity index is 1.90. The van der Waals surface area contributed by atoms with E-state index in [0.29, 0.717) is 17.0 Å². The lowest BCUT2D eigenvalue weighted by Gasteiger charge is -2.19. The monoisotopic (exact) mass is 346 g/mol. The Morgan fingerprint density at radius 2 is 2.00 bits per heavy atom. The van der Waals surface area contributed by atoms with Gasteiger partial charge in [0.15, 0.2) is 0 Å². The zero-order chi connectivity index (χ0) is 18.4. The first-order valence-corrected chi connectivity index (χ1v) is 8.02. The molecule has 0 aliphatic heterocycles. The molecule has 134 valence electrons. The van der Waals surface area contributed by atoms with Gasteiger partial charge in [0.2, 0.25) is 5.88 Å². The quantitative estimate of drug-likeness (QED) is 0.884. The number of rotatable bonds is 5. The third-order valence-electron chi connectivity index (χ3n) is 3.22. The molecule has 0 saturated heterocycles. The number of benzene rings is 1. The summed E-state index contributed by atoms with van der Waals surface area (Å²) in [6.45, 7) is 7.52. The minimum atomic E-state index is -0.590. The summed E-state index contributed by atoms with van der Waals surface area (Å²) in [4.78, 5) is 15.7. The van der Waals surface area contributed by atoms with Gasteiger partial charge in [-0.25, -0.2) is 14.2 Å². The first kappa shape index (κ1) is 18.7. The van der Waals surface area contributed by atoms with Gasteiger partial charge in [-0.05, 0) is 51.0 Å². The summed E-state index contributed by atoms with van der Waals surface area (Å²) in [6, 6.07) is 8.45. The van der Waals surface area contributed by atoms with Crippen LogP contribution in [0.3, 0.4) is 0 Å². The standard InChI is InChI=1S/C19H23FN2O3/c1-13-7-8-21-17(9-13)24-12-14-5-6-15(16(20)10-14)11-22-18(23)25-19(2,3)4/h5-10H,11-12H2,1-4H3,(H,22,23). The van der Waals surface area contributed by atoms with Gasteiger partial charge in [-0.3, -0.25) is 0 Å². The molecule has 0 spiro atoms. The van der Waals surface area contributed by atoms with E-state index < -0.39 is 17.5 Å². The molecule has 1 heterocycles. The van der Waals surface area contributed by atoms with Gasteiger partial charge in [0.25, 0.3) is 0 Å². The average molecular weight is 346 g/mol. The Labute approximate surface area is 147 Å². The molecule has 0 saturated carbocycles. The van der Waals surface area contributed by atoms with Crippen LogP contribution in [0.25, 0.3) is 0 Å². The van der Waals surface area contributed by atoms with Gasteiger partial charge in [-0.15, -0.1) is 0 Å². The van der Waals surface area contributed by atoms with Crippen LogP contribution in [-0.2, 0) is 17.9 Å². The highest BCUT2D eigenvalue weighted by molar-refractivity contribution is 5.67. The van der Waals surface area contributed by atoms with E-state index in [1.807, 2.05) is 19.1 Å². The van der Waals surface area contributed by atoms with Crippen molar-refractivity contribution in [2.75, 3.05) is 0 Å². The number of halogens is 1. The highest BCUT2D eigenvalue weighted by atomic mass is 19.1. The van der Waals surface area contributed by atoms with Crippen LogP contribution in [-0.4, -0.2) is 16.7 Å². The Morgan fingerprint density at radius 1 is 1.24 bits per heavy atom. The van der Waals surface area contributed by atoms with Gasteiger partial charge in [0, 0.05) is 24.4 Å². The summed E-state index contributed by atoms with van der Waals surface area (Å²) < 4.78 is 24.8. The van der Waals surface area contributed by atoms with Crippen LogP contribution in [0.15, 0.2) is 36.5 Å². The zero-order valence-corrected chi connectivity index (χ0v) is 14.9. The third-order valence-corrected chi connectivity index (χ3v) is 3.22. The van der Waals surface area contributed by atoms with Gasteiger partial charge in [0.05, 0.1) is 0 Å². The number of nitrogens with one attached hydrogen (secondary N) is 1. The molecule has 6 heteroatoms. The fourth-order valence-corrected chi connectivity index (χ4v) is 2.05. The van der Waals surface area contributed by atoms with Crippen molar-refractivity contribution >= 4 is 6.09 Å². The summed E-state index contributed by atoms with van der Waals surface area (Å²) in [7, 11) is 0. The fourth-order valence-electron chi connectivity index (χ4n) is 2.05. The molecule has 0 unspecified atom stereocenters. The number of amides is 1. The molecular weight excluding hydrogens is 323 g/mol. The number of aryl methyl sites for hydroxylation is 1. The summed E-state index contributed by atoms with van der Waals surface area (Å²) >= 11 is 0. The largest absolute Gasteiger partial charge is 0.473 e. The lowest BCUT2D eigenvalue weighted by Crippen LogP contribution is -2.32. The molecule has 1 aromatic heterocycles. The predicted molar refractivity (Wildman–Crippen MR) is 92.8 cm³/mol. The topological polar surface area (TPSA) is 60.5 Å². The van der Waals surface area contributed by atoms with Crippen molar-refractivity contribution < 1.29 is 18.7 Å². The molecule has 25 heavy (non-hydrogen) atoms. The molecule has 0 aliphatic rings. The smallest absolute Gasteiger partial charge is 0.407 e. The van der Waals surface area contributed by atoms with Gasteiger partial charge >= 0.3 is 6.09 Å². The van der Waals surface area contributed by atoms with E-state index in [1.54, 1.807) is 39.1 Å². The minimum absolute atomic E-state index is 0.0569. The number of hydrogen-bond donors (Lipinski definition) is 1. The maximum absolute atomic E-state index is 14.2. The Bertz CT molecular complexity index is 742. The van der Waals surface area contributed by atoms with E-state index in [0.717, 1.165) is 5.56 Å². The van der Waals surface area contributed by atoms with Crippen molar-refractivity contribution in [2.45, 2.75) is 46.4 Å². The minimum Gasteiger partial charge on any atom is -0.473 e. The molecule has 2 aromatic rings. The molecule has 0 bridgehead atoms. The number of carbonyl (C=O) groups is 1. The maximum Gasteiger partial charge on any atom is 0.407 e. The van der Waals surface area contributed by atoms with Crippen LogP contribution in [0.1, 0.15) is 37.5 Å². The molecule has 0 radical (unpaired) electrons. The normalized spacial score (nSPS) is 11.1. The van der Waals surface area contributed by atoms with Gasteiger partial charge < -0.3 is 14.8 Å². The highest BCUT2D eigenvalue weighted by Crippen LogP contribution is 2.15. The lowest BCUT2D eigenvalue weighted by molar-refractivity contribution is 0.0523. The molecule has 0 fully saturated rings. The Kier molecular flexibility index (Phi) is 5.96. The van der Waals surface area contributed by atoms with Crippen LogP contribution in [0.2, 0.25) is 0 Å². The SMILES string of the molecule is Cc1ccnc(OCc2ccc(CNC(=O)OC(C)(C)C)c(F)c2)c1. The van der Waals surface area contributed by atoms with E-state index in [-0.39, 0.29) is 13.2 Å². The van der Waals surface area contributed by atoms with E-state index in [1.165, 1.54) is 6.07 Å². The molecular formula is C19H23FN2O3. The van der Waals surface area contributed by atoms with Crippen molar-refractivity contribution in [2.24, 2.45) is 0 Å². The lowest BCUT2D eigenvalue weighted by atomic mass is 10.1. The summed E-state index contributed by atoms with van der Waals surface area (Å²) in [5, 5.41) is 2.54. The number of carbonyl (C=O) groups excluding carboxylic acids is 1. The molecule has 1 aromatic carbocycles. The molecule has 0 aliphatic carbocycles. The van der Waals surface area contributed by atoms with Crippen molar-refractivity contribution in [3.63, 3.8) is 0 Å². The Morgan fingerprint density at radius 3 is 2.64 bits per heavy atom. The van der Waals surface area contributed by atoms with Crippen LogP contribution in [0, 0.1) is 12.7 Å². The van der Waals surface area contributed by atoms with Gasteiger partial charge in [-0.1, -0.05) is 12.1 Å². The fraction of sp³-hybridized carbons (Fsp3) is 0.368. The molecule has 5 nitrogen and oxygen atoms in total. The number of alkyl carbamates (subject to hydrolysis) is 1. The molecule has 0 atom stereocenters. The molecule has 1 N–H and O–H groups in total. The van der Waals surface area contributed by atoms with Crippen molar-refractivity contribution in [3.05, 3.63) is 59.0 Å². The van der Waals surface area contributed by atoms with E-state index in [4.69, 9.17) is 9.47 Å².